The highest BCUT2D eigenvalue weighted by Crippen LogP contribution is 2.27. The molecule has 0 aliphatic rings. The number of methoxy groups -OCH3 is 2. The van der Waals surface area contributed by atoms with Gasteiger partial charge in [-0.15, -0.1) is 0 Å². The van der Waals surface area contributed by atoms with E-state index in [0.29, 0.717) is 22.8 Å². The van der Waals surface area contributed by atoms with Crippen LogP contribution in [0.5, 0.6) is 11.5 Å². The van der Waals surface area contributed by atoms with Gasteiger partial charge in [-0.1, -0.05) is 0 Å². The highest BCUT2D eigenvalue weighted by Gasteiger charge is 2.08. The molecule has 1 N–H and O–H groups in total. The molecule has 23 heavy (non-hydrogen) atoms. The number of halogens is 1. The van der Waals surface area contributed by atoms with Crippen molar-refractivity contribution in [3.05, 3.63) is 59.4 Å². The van der Waals surface area contributed by atoms with Crippen LogP contribution >= 0.6 is 0 Å². The number of hydrazone groups is 1. The van der Waals surface area contributed by atoms with Crippen molar-refractivity contribution in [2.24, 2.45) is 5.10 Å². The summed E-state index contributed by atoms with van der Waals surface area (Å²) < 4.78 is 23.2. The first kappa shape index (κ1) is 16.5. The van der Waals surface area contributed by atoms with Crippen LogP contribution < -0.4 is 14.9 Å². The van der Waals surface area contributed by atoms with Gasteiger partial charge in [-0.2, -0.15) is 5.10 Å². The summed E-state index contributed by atoms with van der Waals surface area (Å²) in [5.41, 5.74) is 4.14. The standard InChI is InChI=1S/C17H17FN2O3/c1-11(13-6-9-15(22-2)16(10-13)23-3)19-20-17(21)12-4-7-14(18)8-5-12/h4-10H,1-3H3,(H,20,21)/b19-11+. The Bertz CT molecular complexity index is 727. The number of hydrogen-bond acceptors (Lipinski definition) is 4. The van der Waals surface area contributed by atoms with Gasteiger partial charge in [0.2, 0.25) is 0 Å². The van der Waals surface area contributed by atoms with Crippen molar-refractivity contribution in [2.75, 3.05) is 14.2 Å². The lowest BCUT2D eigenvalue weighted by molar-refractivity contribution is 0.0955. The molecule has 0 aromatic heterocycles. The average Bonchev–Trinajstić information content (AvgIpc) is 2.59. The molecule has 1 amide bonds. The van der Waals surface area contributed by atoms with Crippen LogP contribution in [0.4, 0.5) is 4.39 Å². The first-order chi connectivity index (χ1) is 11.0. The Morgan fingerprint density at radius 3 is 2.22 bits per heavy atom. The zero-order valence-corrected chi connectivity index (χ0v) is 13.1. The van der Waals surface area contributed by atoms with Crippen LogP contribution in [-0.4, -0.2) is 25.8 Å². The van der Waals surface area contributed by atoms with Crippen LogP contribution in [0.3, 0.4) is 0 Å². The van der Waals surface area contributed by atoms with E-state index in [1.807, 2.05) is 6.07 Å². The summed E-state index contributed by atoms with van der Waals surface area (Å²) in [6, 6.07) is 10.6. The molecular weight excluding hydrogens is 299 g/mol. The minimum absolute atomic E-state index is 0.329. The van der Waals surface area contributed by atoms with E-state index in [1.165, 1.54) is 24.3 Å². The molecule has 0 heterocycles. The Morgan fingerprint density at radius 2 is 1.61 bits per heavy atom. The number of ether oxygens (including phenoxy) is 2. The van der Waals surface area contributed by atoms with Crippen LogP contribution in [0.1, 0.15) is 22.8 Å². The van der Waals surface area contributed by atoms with Crippen LogP contribution in [-0.2, 0) is 0 Å². The van der Waals surface area contributed by atoms with E-state index in [0.717, 1.165) is 5.56 Å². The third kappa shape index (κ3) is 4.06. The molecule has 2 aromatic rings. The van der Waals surface area contributed by atoms with Crippen molar-refractivity contribution in [1.29, 1.82) is 0 Å². The van der Waals surface area contributed by atoms with E-state index in [4.69, 9.17) is 9.47 Å². The molecule has 2 rings (SSSR count). The number of rotatable bonds is 5. The van der Waals surface area contributed by atoms with Gasteiger partial charge in [0.15, 0.2) is 11.5 Å². The second-order valence-electron chi connectivity index (χ2n) is 4.71. The van der Waals surface area contributed by atoms with E-state index in [1.54, 1.807) is 33.3 Å². The molecular formula is C17H17FN2O3. The molecule has 0 bridgehead atoms. The number of carbonyl (C=O) groups excluding carboxylic acids is 1. The lowest BCUT2D eigenvalue weighted by Crippen LogP contribution is -2.19. The van der Waals surface area contributed by atoms with Crippen LogP contribution in [0.15, 0.2) is 47.6 Å². The van der Waals surface area contributed by atoms with Gasteiger partial charge < -0.3 is 9.47 Å². The first-order valence-electron chi connectivity index (χ1n) is 6.87. The van der Waals surface area contributed by atoms with Crippen molar-refractivity contribution in [1.82, 2.24) is 5.43 Å². The van der Waals surface area contributed by atoms with Gasteiger partial charge in [-0.25, -0.2) is 9.82 Å². The van der Waals surface area contributed by atoms with Gasteiger partial charge in [0.05, 0.1) is 19.9 Å². The number of benzene rings is 2. The quantitative estimate of drug-likeness (QED) is 0.681. The molecule has 0 unspecified atom stereocenters. The summed E-state index contributed by atoms with van der Waals surface area (Å²) in [5.74, 6) is 0.375. The topological polar surface area (TPSA) is 59.9 Å². The van der Waals surface area contributed by atoms with Gasteiger partial charge in [0, 0.05) is 11.1 Å². The lowest BCUT2D eigenvalue weighted by Gasteiger charge is -2.09. The maximum atomic E-state index is 12.8. The molecule has 0 saturated heterocycles. The third-order valence-corrected chi connectivity index (χ3v) is 3.23. The van der Waals surface area contributed by atoms with Gasteiger partial charge >= 0.3 is 0 Å². The average molecular weight is 316 g/mol. The monoisotopic (exact) mass is 316 g/mol. The molecule has 2 aromatic carbocycles. The highest BCUT2D eigenvalue weighted by molar-refractivity contribution is 6.01. The number of hydrogen-bond donors (Lipinski definition) is 1. The van der Waals surface area contributed by atoms with Crippen molar-refractivity contribution in [3.8, 4) is 11.5 Å². The number of nitrogens with zero attached hydrogens (tertiary/aromatic N) is 1. The fraction of sp³-hybridized carbons (Fsp3) is 0.176. The Morgan fingerprint density at radius 1 is 1.00 bits per heavy atom. The first-order valence-corrected chi connectivity index (χ1v) is 6.87. The number of nitrogens with one attached hydrogen (secondary N) is 1. The fourth-order valence-corrected chi connectivity index (χ4v) is 1.93. The summed E-state index contributed by atoms with van der Waals surface area (Å²) in [4.78, 5) is 11.9. The van der Waals surface area contributed by atoms with E-state index >= 15 is 0 Å². The smallest absolute Gasteiger partial charge is 0.271 e. The molecule has 5 nitrogen and oxygen atoms in total. The summed E-state index contributed by atoms with van der Waals surface area (Å²) in [5, 5.41) is 4.05. The Hall–Kier alpha value is -2.89. The van der Waals surface area contributed by atoms with E-state index < -0.39 is 11.7 Å². The Labute approximate surface area is 133 Å². The largest absolute Gasteiger partial charge is 0.493 e. The molecule has 0 saturated carbocycles. The number of amides is 1. The van der Waals surface area contributed by atoms with Crippen LogP contribution in [0.2, 0.25) is 0 Å². The maximum absolute atomic E-state index is 12.8. The minimum atomic E-state index is -0.412. The number of carbonyl (C=O) groups is 1. The Kier molecular flexibility index (Phi) is 5.30. The van der Waals surface area contributed by atoms with Gasteiger partial charge in [0.25, 0.3) is 5.91 Å². The van der Waals surface area contributed by atoms with Crippen LogP contribution in [0.25, 0.3) is 0 Å². The maximum Gasteiger partial charge on any atom is 0.271 e. The molecule has 120 valence electrons. The van der Waals surface area contributed by atoms with Gasteiger partial charge in [0.1, 0.15) is 5.82 Å². The van der Waals surface area contributed by atoms with Gasteiger partial charge in [-0.05, 0) is 49.4 Å². The van der Waals surface area contributed by atoms with Crippen molar-refractivity contribution in [2.45, 2.75) is 6.92 Å². The van der Waals surface area contributed by atoms with Gasteiger partial charge in [-0.3, -0.25) is 4.79 Å². The Balaban J connectivity index is 2.13. The van der Waals surface area contributed by atoms with Crippen molar-refractivity contribution < 1.29 is 18.7 Å². The molecule has 6 heteroatoms. The predicted molar refractivity (Wildman–Crippen MR) is 85.6 cm³/mol. The predicted octanol–water partition coefficient (Wildman–Crippen LogP) is 3.00. The highest BCUT2D eigenvalue weighted by atomic mass is 19.1. The molecule has 0 aliphatic heterocycles. The summed E-state index contributed by atoms with van der Waals surface area (Å²) >= 11 is 0. The summed E-state index contributed by atoms with van der Waals surface area (Å²) in [6.07, 6.45) is 0. The molecule has 0 aliphatic carbocycles. The molecule has 0 radical (unpaired) electrons. The zero-order chi connectivity index (χ0) is 16.8. The van der Waals surface area contributed by atoms with Crippen molar-refractivity contribution >= 4 is 11.6 Å². The fourth-order valence-electron chi connectivity index (χ4n) is 1.93. The summed E-state index contributed by atoms with van der Waals surface area (Å²) in [7, 11) is 3.10. The van der Waals surface area contributed by atoms with E-state index in [2.05, 4.69) is 10.5 Å². The molecule has 0 atom stereocenters. The van der Waals surface area contributed by atoms with Crippen LogP contribution in [0, 0.1) is 5.82 Å². The van der Waals surface area contributed by atoms with E-state index in [-0.39, 0.29) is 0 Å². The summed E-state index contributed by atoms with van der Waals surface area (Å²) in [6.45, 7) is 1.76. The molecule has 0 fully saturated rings. The SMILES string of the molecule is COc1ccc(/C(C)=N/NC(=O)c2ccc(F)cc2)cc1OC. The molecule has 0 spiro atoms. The third-order valence-electron chi connectivity index (χ3n) is 3.23. The lowest BCUT2D eigenvalue weighted by atomic mass is 10.1. The zero-order valence-electron chi connectivity index (χ0n) is 13.1. The van der Waals surface area contributed by atoms with E-state index in [9.17, 15) is 9.18 Å². The second-order valence-corrected chi connectivity index (χ2v) is 4.71. The minimum Gasteiger partial charge on any atom is -0.493 e. The normalized spacial score (nSPS) is 11.0. The second kappa shape index (κ2) is 7.40. The van der Waals surface area contributed by atoms with Crippen molar-refractivity contribution in [3.63, 3.8) is 0 Å².